The molecule has 0 saturated carbocycles. The summed E-state index contributed by atoms with van der Waals surface area (Å²) in [6, 6.07) is 13.9. The van der Waals surface area contributed by atoms with E-state index in [4.69, 9.17) is 9.47 Å². The second-order valence-electron chi connectivity index (χ2n) is 6.11. The van der Waals surface area contributed by atoms with Crippen molar-refractivity contribution in [3.05, 3.63) is 54.1 Å². The van der Waals surface area contributed by atoms with E-state index in [1.807, 2.05) is 26.0 Å². The zero-order valence-electron chi connectivity index (χ0n) is 15.4. The Kier molecular flexibility index (Phi) is 6.60. The van der Waals surface area contributed by atoms with Crippen LogP contribution in [0.1, 0.15) is 31.1 Å². The molecule has 0 radical (unpaired) electrons. The molecule has 6 nitrogen and oxygen atoms in total. The highest BCUT2D eigenvalue weighted by Gasteiger charge is 2.17. The van der Waals surface area contributed by atoms with Crippen LogP contribution in [-0.2, 0) is 4.79 Å². The Balaban J connectivity index is 1.97. The number of benzene rings is 2. The van der Waals surface area contributed by atoms with E-state index < -0.39 is 6.10 Å². The maximum Gasteiger partial charge on any atom is 0.265 e. The summed E-state index contributed by atoms with van der Waals surface area (Å²) in [6.07, 6.45) is -0.713. The predicted octanol–water partition coefficient (Wildman–Crippen LogP) is 3.24. The van der Waals surface area contributed by atoms with Crippen molar-refractivity contribution in [1.82, 2.24) is 5.32 Å². The number of carbonyl (C=O) groups excluding carboxylic acids is 2. The molecule has 0 aromatic heterocycles. The largest absolute Gasteiger partial charge is 0.493 e. The summed E-state index contributed by atoms with van der Waals surface area (Å²) in [5.41, 5.74) is 1.13. The molecule has 1 atom stereocenters. The lowest BCUT2D eigenvalue weighted by Gasteiger charge is -2.16. The molecule has 0 aliphatic carbocycles. The van der Waals surface area contributed by atoms with Gasteiger partial charge in [0, 0.05) is 17.3 Å². The van der Waals surface area contributed by atoms with Gasteiger partial charge in [-0.3, -0.25) is 9.59 Å². The number of nitrogens with one attached hydrogen (secondary N) is 2. The number of ether oxygens (including phenoxy) is 2. The maximum atomic E-state index is 12.3. The third-order valence-electron chi connectivity index (χ3n) is 3.58. The number of methoxy groups -OCH3 is 1. The SMILES string of the molecule is COc1ccccc1OC(C)C(=O)Nc1ccc(C(=O)NC(C)C)cc1. The Morgan fingerprint density at radius 3 is 2.12 bits per heavy atom. The van der Waals surface area contributed by atoms with E-state index >= 15 is 0 Å². The van der Waals surface area contributed by atoms with Gasteiger partial charge in [-0.05, 0) is 57.2 Å². The molecule has 0 bridgehead atoms. The zero-order valence-corrected chi connectivity index (χ0v) is 15.4. The minimum atomic E-state index is -0.713. The van der Waals surface area contributed by atoms with Crippen molar-refractivity contribution >= 4 is 17.5 Å². The van der Waals surface area contributed by atoms with Crippen LogP contribution >= 0.6 is 0 Å². The molecular weight excluding hydrogens is 332 g/mol. The summed E-state index contributed by atoms with van der Waals surface area (Å²) < 4.78 is 10.9. The van der Waals surface area contributed by atoms with Crippen molar-refractivity contribution in [2.75, 3.05) is 12.4 Å². The second kappa shape index (κ2) is 8.89. The van der Waals surface area contributed by atoms with Gasteiger partial charge in [0.2, 0.25) is 0 Å². The van der Waals surface area contributed by atoms with Crippen molar-refractivity contribution in [2.24, 2.45) is 0 Å². The molecular formula is C20H24N2O4. The maximum absolute atomic E-state index is 12.3. The van der Waals surface area contributed by atoms with E-state index in [-0.39, 0.29) is 17.9 Å². The van der Waals surface area contributed by atoms with Crippen LogP contribution in [0.5, 0.6) is 11.5 Å². The number of hydrogen-bond donors (Lipinski definition) is 2. The lowest BCUT2D eigenvalue weighted by atomic mass is 10.2. The van der Waals surface area contributed by atoms with Gasteiger partial charge in [-0.2, -0.15) is 0 Å². The van der Waals surface area contributed by atoms with Crippen molar-refractivity contribution in [3.63, 3.8) is 0 Å². The average Bonchev–Trinajstić information content (AvgIpc) is 2.62. The van der Waals surface area contributed by atoms with Gasteiger partial charge in [-0.25, -0.2) is 0 Å². The molecule has 2 rings (SSSR count). The molecule has 0 spiro atoms. The van der Waals surface area contributed by atoms with E-state index in [0.29, 0.717) is 22.7 Å². The van der Waals surface area contributed by atoms with Gasteiger partial charge in [0.05, 0.1) is 7.11 Å². The molecule has 0 aliphatic rings. The first-order valence-corrected chi connectivity index (χ1v) is 8.42. The van der Waals surface area contributed by atoms with Crippen LogP contribution < -0.4 is 20.1 Å². The molecule has 6 heteroatoms. The summed E-state index contributed by atoms with van der Waals surface area (Å²) in [5, 5.41) is 5.59. The van der Waals surface area contributed by atoms with Crippen molar-refractivity contribution in [1.29, 1.82) is 0 Å². The number of amides is 2. The highest BCUT2D eigenvalue weighted by Crippen LogP contribution is 2.27. The lowest BCUT2D eigenvalue weighted by molar-refractivity contribution is -0.122. The topological polar surface area (TPSA) is 76.7 Å². The van der Waals surface area contributed by atoms with Crippen LogP contribution in [0.15, 0.2) is 48.5 Å². The van der Waals surface area contributed by atoms with Gasteiger partial charge in [-0.15, -0.1) is 0 Å². The van der Waals surface area contributed by atoms with Gasteiger partial charge in [-0.1, -0.05) is 12.1 Å². The molecule has 2 amide bonds. The van der Waals surface area contributed by atoms with E-state index in [1.54, 1.807) is 50.4 Å². The molecule has 0 saturated heterocycles. The minimum absolute atomic E-state index is 0.0647. The number of anilines is 1. The molecule has 0 aliphatic heterocycles. The molecule has 138 valence electrons. The van der Waals surface area contributed by atoms with E-state index in [2.05, 4.69) is 10.6 Å². The monoisotopic (exact) mass is 356 g/mol. The van der Waals surface area contributed by atoms with Crippen molar-refractivity contribution in [3.8, 4) is 11.5 Å². The van der Waals surface area contributed by atoms with Crippen molar-refractivity contribution < 1.29 is 19.1 Å². The number of rotatable bonds is 7. The van der Waals surface area contributed by atoms with Crippen LogP contribution in [0, 0.1) is 0 Å². The fourth-order valence-electron chi connectivity index (χ4n) is 2.25. The quantitative estimate of drug-likeness (QED) is 0.798. The Labute approximate surface area is 153 Å². The second-order valence-corrected chi connectivity index (χ2v) is 6.11. The van der Waals surface area contributed by atoms with Gasteiger partial charge in [0.25, 0.3) is 11.8 Å². The highest BCUT2D eigenvalue weighted by molar-refractivity contribution is 5.96. The summed E-state index contributed by atoms with van der Waals surface area (Å²) >= 11 is 0. The van der Waals surface area contributed by atoms with Gasteiger partial charge in [0.15, 0.2) is 17.6 Å². The van der Waals surface area contributed by atoms with Crippen molar-refractivity contribution in [2.45, 2.75) is 32.9 Å². The van der Waals surface area contributed by atoms with Crippen LogP contribution in [0.25, 0.3) is 0 Å². The Hall–Kier alpha value is -3.02. The molecule has 2 N–H and O–H groups in total. The van der Waals surface area contributed by atoms with Crippen LogP contribution in [0.3, 0.4) is 0 Å². The summed E-state index contributed by atoms with van der Waals surface area (Å²) in [5.74, 6) is 0.618. The number of hydrogen-bond acceptors (Lipinski definition) is 4. The molecule has 1 unspecified atom stereocenters. The lowest BCUT2D eigenvalue weighted by Crippen LogP contribution is -2.31. The normalized spacial score (nSPS) is 11.6. The van der Waals surface area contributed by atoms with E-state index in [1.165, 1.54) is 0 Å². The predicted molar refractivity (Wildman–Crippen MR) is 101 cm³/mol. The standard InChI is InChI=1S/C20H24N2O4/c1-13(2)21-20(24)15-9-11-16(12-10-15)22-19(23)14(3)26-18-8-6-5-7-17(18)25-4/h5-14H,1-4H3,(H,21,24)(H,22,23). The van der Waals surface area contributed by atoms with Gasteiger partial charge >= 0.3 is 0 Å². The fraction of sp³-hybridized carbons (Fsp3) is 0.300. The summed E-state index contributed by atoms with van der Waals surface area (Å²) in [4.78, 5) is 24.3. The Bertz CT molecular complexity index is 757. The first-order chi connectivity index (χ1) is 12.4. The zero-order chi connectivity index (χ0) is 19.1. The Morgan fingerprint density at radius 1 is 0.923 bits per heavy atom. The number of carbonyl (C=O) groups is 2. The fourth-order valence-corrected chi connectivity index (χ4v) is 2.25. The first kappa shape index (κ1) is 19.3. The minimum Gasteiger partial charge on any atom is -0.493 e. The number of para-hydroxylation sites is 2. The average molecular weight is 356 g/mol. The van der Waals surface area contributed by atoms with E-state index in [0.717, 1.165) is 0 Å². The molecule has 26 heavy (non-hydrogen) atoms. The smallest absolute Gasteiger partial charge is 0.265 e. The first-order valence-electron chi connectivity index (χ1n) is 8.42. The van der Waals surface area contributed by atoms with Gasteiger partial charge < -0.3 is 20.1 Å². The van der Waals surface area contributed by atoms with Crippen LogP contribution in [0.4, 0.5) is 5.69 Å². The van der Waals surface area contributed by atoms with E-state index in [9.17, 15) is 9.59 Å². The molecule has 2 aromatic rings. The molecule has 2 aromatic carbocycles. The van der Waals surface area contributed by atoms with Crippen LogP contribution in [0.2, 0.25) is 0 Å². The third-order valence-corrected chi connectivity index (χ3v) is 3.58. The van der Waals surface area contributed by atoms with Crippen LogP contribution in [-0.4, -0.2) is 31.1 Å². The summed E-state index contributed by atoms with van der Waals surface area (Å²) in [6.45, 7) is 5.46. The molecule has 0 fully saturated rings. The Morgan fingerprint density at radius 2 is 1.54 bits per heavy atom. The third kappa shape index (κ3) is 5.24. The van der Waals surface area contributed by atoms with Gasteiger partial charge in [0.1, 0.15) is 0 Å². The highest BCUT2D eigenvalue weighted by atomic mass is 16.5. The summed E-state index contributed by atoms with van der Waals surface area (Å²) in [7, 11) is 1.55. The molecule has 0 heterocycles.